The largest absolute Gasteiger partial charge is 0.377 e. The molecule has 4 aromatic rings. The quantitative estimate of drug-likeness (QED) is 0.224. The molecule has 4 rings (SSSR count). The molecule has 40 heavy (non-hydrogen) atoms. The first-order valence-electron chi connectivity index (χ1n) is 13.4. The lowest BCUT2D eigenvalue weighted by atomic mass is 9.97. The smallest absolute Gasteiger partial charge is 0.263 e. The molecule has 2 heterocycles. The zero-order chi connectivity index (χ0) is 28.9. The van der Waals surface area contributed by atoms with Gasteiger partial charge in [-0.25, -0.2) is 18.4 Å². The highest BCUT2D eigenvalue weighted by molar-refractivity contribution is 7.92. The van der Waals surface area contributed by atoms with Crippen molar-refractivity contribution >= 4 is 21.7 Å². The number of sulfonamides is 1. The van der Waals surface area contributed by atoms with E-state index in [1.807, 2.05) is 51.2 Å². The van der Waals surface area contributed by atoms with Crippen LogP contribution in [0.4, 0.5) is 11.6 Å². The van der Waals surface area contributed by atoms with Gasteiger partial charge in [0.1, 0.15) is 17.4 Å². The third-order valence-electron chi connectivity index (χ3n) is 6.68. The molecule has 10 heteroatoms. The number of benzene rings is 2. The number of aromatic nitrogens is 3. The van der Waals surface area contributed by atoms with Gasteiger partial charge in [-0.15, -0.1) is 0 Å². The predicted molar refractivity (Wildman–Crippen MR) is 157 cm³/mol. The van der Waals surface area contributed by atoms with Crippen LogP contribution < -0.4 is 9.62 Å². The van der Waals surface area contributed by atoms with E-state index in [0.29, 0.717) is 36.6 Å². The number of hydrogen-bond donors (Lipinski definition) is 1. The summed E-state index contributed by atoms with van der Waals surface area (Å²) in [5, 5.41) is 3.87. The summed E-state index contributed by atoms with van der Waals surface area (Å²) in [6, 6.07) is 15.0. The molecule has 9 nitrogen and oxygen atoms in total. The summed E-state index contributed by atoms with van der Waals surface area (Å²) in [6.07, 6.45) is 1.93. The number of hydrogen-bond acceptors (Lipinski definition) is 8. The summed E-state index contributed by atoms with van der Waals surface area (Å²) in [6.45, 7) is 11.0. The van der Waals surface area contributed by atoms with Crippen molar-refractivity contribution in [2.75, 3.05) is 23.3 Å². The van der Waals surface area contributed by atoms with E-state index >= 15 is 0 Å². The summed E-state index contributed by atoms with van der Waals surface area (Å²) in [7, 11) is -1.94. The third-order valence-corrected chi connectivity index (χ3v) is 8.08. The van der Waals surface area contributed by atoms with E-state index in [4.69, 9.17) is 9.26 Å². The van der Waals surface area contributed by atoms with Gasteiger partial charge >= 0.3 is 0 Å². The van der Waals surface area contributed by atoms with Crippen molar-refractivity contribution in [1.82, 2.24) is 15.1 Å². The fourth-order valence-corrected chi connectivity index (χ4v) is 5.79. The van der Waals surface area contributed by atoms with E-state index in [9.17, 15) is 8.42 Å². The van der Waals surface area contributed by atoms with Gasteiger partial charge in [-0.3, -0.25) is 4.72 Å². The van der Waals surface area contributed by atoms with E-state index in [2.05, 4.69) is 37.7 Å². The van der Waals surface area contributed by atoms with Crippen molar-refractivity contribution in [3.8, 4) is 11.1 Å². The highest BCUT2D eigenvalue weighted by Crippen LogP contribution is 2.33. The third kappa shape index (κ3) is 6.68. The van der Waals surface area contributed by atoms with Crippen molar-refractivity contribution < 1.29 is 17.7 Å². The monoisotopic (exact) mass is 563 g/mol. The van der Waals surface area contributed by atoms with Crippen molar-refractivity contribution in [1.29, 1.82) is 0 Å². The van der Waals surface area contributed by atoms with Crippen LogP contribution in [0.1, 0.15) is 54.2 Å². The van der Waals surface area contributed by atoms with Gasteiger partial charge in [0.2, 0.25) is 0 Å². The van der Waals surface area contributed by atoms with E-state index in [-0.39, 0.29) is 10.7 Å². The summed E-state index contributed by atoms with van der Waals surface area (Å²) in [5.41, 5.74) is 5.00. The van der Waals surface area contributed by atoms with E-state index < -0.39 is 10.0 Å². The van der Waals surface area contributed by atoms with Crippen LogP contribution in [0, 0.1) is 20.8 Å². The SMILES string of the molecule is CCCc1cc(N(C)Cc2ccc(-c3ccccc3S(=O)(=O)Nc3noc(C)c3C)c(COCC)c2)nc(C)n1. The van der Waals surface area contributed by atoms with Gasteiger partial charge in [-0.1, -0.05) is 54.9 Å². The van der Waals surface area contributed by atoms with Crippen LogP contribution in [-0.4, -0.2) is 37.2 Å². The summed E-state index contributed by atoms with van der Waals surface area (Å²) < 4.78 is 40.6. The number of ether oxygens (including phenoxy) is 1. The molecule has 0 atom stereocenters. The summed E-state index contributed by atoms with van der Waals surface area (Å²) in [4.78, 5) is 11.4. The molecule has 0 saturated carbocycles. The van der Waals surface area contributed by atoms with Crippen LogP contribution in [-0.2, 0) is 34.3 Å². The van der Waals surface area contributed by atoms with Crippen molar-refractivity contribution in [2.24, 2.45) is 0 Å². The molecule has 0 radical (unpaired) electrons. The summed E-state index contributed by atoms with van der Waals surface area (Å²) >= 11 is 0. The number of nitrogens with zero attached hydrogens (tertiary/aromatic N) is 4. The second-order valence-electron chi connectivity index (χ2n) is 9.81. The Hall–Kier alpha value is -3.76. The molecular formula is C30H37N5O4S. The molecule has 0 fully saturated rings. The van der Waals surface area contributed by atoms with E-state index in [1.165, 1.54) is 0 Å². The average Bonchev–Trinajstić information content (AvgIpc) is 3.23. The number of nitrogens with one attached hydrogen (secondary N) is 1. The van der Waals surface area contributed by atoms with Crippen LogP contribution in [0.2, 0.25) is 0 Å². The molecule has 0 saturated heterocycles. The first-order chi connectivity index (χ1) is 19.1. The van der Waals surface area contributed by atoms with Crippen LogP contribution in [0.5, 0.6) is 0 Å². The van der Waals surface area contributed by atoms with Gasteiger partial charge in [0.05, 0.1) is 11.5 Å². The Morgan fingerprint density at radius 3 is 2.48 bits per heavy atom. The molecule has 0 bridgehead atoms. The fourth-order valence-electron chi connectivity index (χ4n) is 4.51. The Morgan fingerprint density at radius 1 is 1.00 bits per heavy atom. The second kappa shape index (κ2) is 12.6. The average molecular weight is 564 g/mol. The first-order valence-corrected chi connectivity index (χ1v) is 14.9. The molecule has 0 aliphatic heterocycles. The lowest BCUT2D eigenvalue weighted by Crippen LogP contribution is -2.19. The predicted octanol–water partition coefficient (Wildman–Crippen LogP) is 5.98. The van der Waals surface area contributed by atoms with Crippen molar-refractivity contribution in [2.45, 2.75) is 65.5 Å². The van der Waals surface area contributed by atoms with Gasteiger partial charge in [-0.05, 0) is 56.9 Å². The van der Waals surface area contributed by atoms with Crippen LogP contribution in [0.15, 0.2) is 57.9 Å². The van der Waals surface area contributed by atoms with Crippen molar-refractivity contribution in [3.05, 3.63) is 82.5 Å². The lowest BCUT2D eigenvalue weighted by molar-refractivity contribution is 0.134. The molecule has 212 valence electrons. The maximum Gasteiger partial charge on any atom is 0.263 e. The van der Waals surface area contributed by atoms with Gasteiger partial charge in [0.25, 0.3) is 10.0 Å². The molecule has 0 spiro atoms. The maximum atomic E-state index is 13.5. The number of rotatable bonds is 12. The number of aryl methyl sites for hydroxylation is 3. The Morgan fingerprint density at radius 2 is 1.77 bits per heavy atom. The molecule has 0 aliphatic carbocycles. The van der Waals surface area contributed by atoms with Crippen LogP contribution >= 0.6 is 0 Å². The minimum Gasteiger partial charge on any atom is -0.377 e. The molecule has 2 aromatic heterocycles. The van der Waals surface area contributed by atoms with Crippen LogP contribution in [0.3, 0.4) is 0 Å². The highest BCUT2D eigenvalue weighted by atomic mass is 32.2. The Balaban J connectivity index is 1.68. The normalized spacial score (nSPS) is 11.6. The lowest BCUT2D eigenvalue weighted by Gasteiger charge is -2.21. The van der Waals surface area contributed by atoms with Gasteiger partial charge in [0, 0.05) is 43.1 Å². The molecule has 0 aliphatic rings. The Labute approximate surface area is 236 Å². The first kappa shape index (κ1) is 29.2. The summed E-state index contributed by atoms with van der Waals surface area (Å²) in [5.74, 6) is 2.36. The molecule has 1 N–H and O–H groups in total. The van der Waals surface area contributed by atoms with Crippen molar-refractivity contribution in [3.63, 3.8) is 0 Å². The zero-order valence-corrected chi connectivity index (χ0v) is 24.8. The maximum absolute atomic E-state index is 13.5. The topological polar surface area (TPSA) is 110 Å². The van der Waals surface area contributed by atoms with Gasteiger partial charge in [0.15, 0.2) is 5.82 Å². The minimum absolute atomic E-state index is 0.151. The number of anilines is 2. The fraction of sp³-hybridized carbons (Fsp3) is 0.367. The molecule has 2 aromatic carbocycles. The highest BCUT2D eigenvalue weighted by Gasteiger charge is 2.23. The molecule has 0 unspecified atom stereocenters. The second-order valence-corrected chi connectivity index (χ2v) is 11.5. The molecular weight excluding hydrogens is 526 g/mol. The Bertz CT molecular complexity index is 1580. The minimum atomic E-state index is -3.95. The Kier molecular flexibility index (Phi) is 9.21. The van der Waals surface area contributed by atoms with Gasteiger partial charge < -0.3 is 14.2 Å². The zero-order valence-electron chi connectivity index (χ0n) is 24.0. The van der Waals surface area contributed by atoms with Crippen LogP contribution in [0.25, 0.3) is 11.1 Å². The standard InChI is InChI=1S/C30H37N5O4S/c1-7-11-25-17-29(32-22(5)31-25)35(6)18-23-14-15-26(24(16-23)19-38-8-2)27-12-9-10-13-28(27)40(36,37)34-30-20(3)21(4)39-33-30/h9-10,12-17H,7-8,11,18-19H2,1-6H3,(H,33,34). The van der Waals surface area contributed by atoms with Gasteiger partial charge in [-0.2, -0.15) is 0 Å². The molecule has 0 amide bonds. The van der Waals surface area contributed by atoms with E-state index in [0.717, 1.165) is 46.9 Å². The van der Waals surface area contributed by atoms with E-state index in [1.54, 1.807) is 26.0 Å².